The molecule has 1 saturated heterocycles. The minimum atomic E-state index is -0.304. The normalized spacial score (nSPS) is 14.9. The quantitative estimate of drug-likeness (QED) is 0.139. The summed E-state index contributed by atoms with van der Waals surface area (Å²) >= 11 is 0. The molecular weight excluding hydrogens is 378 g/mol. The summed E-state index contributed by atoms with van der Waals surface area (Å²) in [5.41, 5.74) is 7.48. The van der Waals surface area contributed by atoms with Crippen LogP contribution in [-0.2, 0) is 9.59 Å². The van der Waals surface area contributed by atoms with Crippen LogP contribution in [0.1, 0.15) is 36.8 Å². The van der Waals surface area contributed by atoms with Crippen LogP contribution in [0.25, 0.3) is 11.6 Å². The molecule has 0 atom stereocenters. The molecule has 3 rings (SSSR count). The first-order valence-corrected chi connectivity index (χ1v) is 10.2. The van der Waals surface area contributed by atoms with Gasteiger partial charge in [0.25, 0.3) is 0 Å². The van der Waals surface area contributed by atoms with Gasteiger partial charge in [-0.15, -0.1) is 0 Å². The van der Waals surface area contributed by atoms with Crippen LogP contribution < -0.4 is 10.5 Å². The summed E-state index contributed by atoms with van der Waals surface area (Å²) in [5, 5.41) is 7.49. The molecule has 0 spiro atoms. The fourth-order valence-electron chi connectivity index (χ4n) is 3.66. The van der Waals surface area contributed by atoms with Crippen LogP contribution in [0.15, 0.2) is 54.6 Å². The van der Waals surface area contributed by atoms with Gasteiger partial charge in [0.05, 0.1) is 0 Å². The molecular formula is C24H27N3O3. The van der Waals surface area contributed by atoms with E-state index < -0.39 is 0 Å². The lowest BCUT2D eigenvalue weighted by Crippen LogP contribution is -2.42. The molecule has 0 aliphatic carbocycles. The number of hydrogen-bond acceptors (Lipinski definition) is 4. The summed E-state index contributed by atoms with van der Waals surface area (Å²) in [6, 6.07) is 16.6. The van der Waals surface area contributed by atoms with Crippen molar-refractivity contribution in [3.8, 4) is 5.75 Å². The number of benzene rings is 2. The maximum Gasteiger partial charge on any atom is 0.311 e. The first kappa shape index (κ1) is 21.3. The van der Waals surface area contributed by atoms with E-state index in [1.54, 1.807) is 24.3 Å². The van der Waals surface area contributed by atoms with Gasteiger partial charge in [0.1, 0.15) is 5.75 Å². The number of guanidine groups is 1. The Morgan fingerprint density at radius 3 is 2.43 bits per heavy atom. The number of rotatable bonds is 7. The average Bonchev–Trinajstić information content (AvgIpc) is 2.77. The van der Waals surface area contributed by atoms with E-state index in [2.05, 4.69) is 0 Å². The minimum Gasteiger partial charge on any atom is -0.426 e. The fourth-order valence-corrected chi connectivity index (χ4v) is 3.66. The Hall–Kier alpha value is -3.41. The van der Waals surface area contributed by atoms with Gasteiger partial charge in [0.2, 0.25) is 0 Å². The Labute approximate surface area is 176 Å². The van der Waals surface area contributed by atoms with Gasteiger partial charge in [0, 0.05) is 30.6 Å². The van der Waals surface area contributed by atoms with Crippen molar-refractivity contribution in [1.29, 1.82) is 5.41 Å². The van der Waals surface area contributed by atoms with Crippen LogP contribution in [0.4, 0.5) is 0 Å². The summed E-state index contributed by atoms with van der Waals surface area (Å²) in [6.07, 6.45) is 5.45. The summed E-state index contributed by atoms with van der Waals surface area (Å²) in [7, 11) is 0. The van der Waals surface area contributed by atoms with Gasteiger partial charge in [-0.3, -0.25) is 15.0 Å². The lowest BCUT2D eigenvalue weighted by molar-refractivity contribution is -0.134. The predicted octanol–water partition coefficient (Wildman–Crippen LogP) is 3.72. The molecule has 0 amide bonds. The smallest absolute Gasteiger partial charge is 0.311 e. The van der Waals surface area contributed by atoms with Crippen molar-refractivity contribution in [1.82, 2.24) is 4.90 Å². The van der Waals surface area contributed by atoms with Gasteiger partial charge in [-0.1, -0.05) is 48.5 Å². The van der Waals surface area contributed by atoms with Gasteiger partial charge >= 0.3 is 5.97 Å². The molecule has 0 radical (unpaired) electrons. The van der Waals surface area contributed by atoms with Crippen molar-refractivity contribution in [3.05, 3.63) is 65.7 Å². The highest BCUT2D eigenvalue weighted by Crippen LogP contribution is 2.28. The molecule has 0 saturated carbocycles. The second kappa shape index (κ2) is 10.4. The lowest BCUT2D eigenvalue weighted by Gasteiger charge is -2.31. The number of nitrogens with one attached hydrogen (secondary N) is 1. The third-order valence-corrected chi connectivity index (χ3v) is 5.38. The van der Waals surface area contributed by atoms with Crippen molar-refractivity contribution in [2.45, 2.75) is 25.7 Å². The van der Waals surface area contributed by atoms with Gasteiger partial charge < -0.3 is 15.4 Å². The molecule has 1 heterocycles. The summed E-state index contributed by atoms with van der Waals surface area (Å²) in [5.74, 6) is 0.621. The number of likely N-dealkylation sites (tertiary alicyclic amines) is 1. The van der Waals surface area contributed by atoms with Gasteiger partial charge in [0.15, 0.2) is 12.2 Å². The van der Waals surface area contributed by atoms with E-state index in [9.17, 15) is 9.59 Å². The Kier molecular flexibility index (Phi) is 7.38. The van der Waals surface area contributed by atoms with Crippen LogP contribution in [0, 0.1) is 11.3 Å². The number of nitrogens with zero attached hydrogens (tertiary/aromatic N) is 1. The fraction of sp³-hybridized carbons (Fsp3) is 0.292. The van der Waals surface area contributed by atoms with Gasteiger partial charge in [-0.05, 0) is 42.9 Å². The van der Waals surface area contributed by atoms with E-state index in [0.29, 0.717) is 29.2 Å². The molecule has 6 heteroatoms. The van der Waals surface area contributed by atoms with Crippen LogP contribution in [0.3, 0.4) is 0 Å². The molecule has 0 aromatic heterocycles. The predicted molar refractivity (Wildman–Crippen MR) is 118 cm³/mol. The molecule has 2 aromatic rings. The minimum absolute atomic E-state index is 0.110. The van der Waals surface area contributed by atoms with Gasteiger partial charge in [-0.2, -0.15) is 0 Å². The molecule has 0 bridgehead atoms. The summed E-state index contributed by atoms with van der Waals surface area (Å²) < 4.78 is 5.61. The average molecular weight is 405 g/mol. The molecule has 1 aliphatic rings. The maximum absolute atomic E-state index is 12.5. The Morgan fingerprint density at radius 1 is 1.10 bits per heavy atom. The number of carbonyl (C=O) groups excluding carboxylic acids is 2. The first-order chi connectivity index (χ1) is 14.6. The zero-order valence-corrected chi connectivity index (χ0v) is 16.9. The van der Waals surface area contributed by atoms with E-state index >= 15 is 0 Å². The SMILES string of the molecule is N=C(N)N1CCC(CCC(=O)Oc2ccccc2C(C=O)=Cc2ccccc2)CC1. The van der Waals surface area contributed by atoms with E-state index in [-0.39, 0.29) is 11.9 Å². The molecule has 2 aromatic carbocycles. The number of allylic oxidation sites excluding steroid dienone is 1. The summed E-state index contributed by atoms with van der Waals surface area (Å²) in [6.45, 7) is 1.51. The van der Waals surface area contributed by atoms with E-state index in [1.165, 1.54) is 0 Å². The van der Waals surface area contributed by atoms with E-state index in [0.717, 1.165) is 44.2 Å². The zero-order chi connectivity index (χ0) is 21.3. The number of piperidine rings is 1. The highest BCUT2D eigenvalue weighted by atomic mass is 16.5. The molecule has 3 N–H and O–H groups in total. The van der Waals surface area contributed by atoms with Crippen LogP contribution in [0.5, 0.6) is 5.75 Å². The number of carbonyl (C=O) groups is 2. The molecule has 6 nitrogen and oxygen atoms in total. The van der Waals surface area contributed by atoms with Crippen molar-refractivity contribution >= 4 is 29.9 Å². The second-order valence-electron chi connectivity index (χ2n) is 7.45. The Morgan fingerprint density at radius 2 is 1.77 bits per heavy atom. The maximum atomic E-state index is 12.5. The molecule has 1 aliphatic heterocycles. The standard InChI is InChI=1S/C24H27N3O3/c25-24(26)27-14-12-18(13-15-27)10-11-23(29)30-22-9-5-4-8-21(22)20(17-28)16-19-6-2-1-3-7-19/h1-9,16-18H,10-15H2,(H3,25,26). The van der Waals surface area contributed by atoms with Crippen LogP contribution in [-0.4, -0.2) is 36.2 Å². The van der Waals surface area contributed by atoms with Crippen LogP contribution >= 0.6 is 0 Å². The van der Waals surface area contributed by atoms with E-state index in [1.807, 2.05) is 41.3 Å². The first-order valence-electron chi connectivity index (χ1n) is 10.2. The largest absolute Gasteiger partial charge is 0.426 e. The topological polar surface area (TPSA) is 96.5 Å². The van der Waals surface area contributed by atoms with E-state index in [4.69, 9.17) is 15.9 Å². The number of aldehydes is 1. The number of hydrogen-bond donors (Lipinski definition) is 2. The Balaban J connectivity index is 1.62. The third kappa shape index (κ3) is 5.80. The molecule has 1 fully saturated rings. The highest BCUT2D eigenvalue weighted by Gasteiger charge is 2.21. The molecule has 156 valence electrons. The highest BCUT2D eigenvalue weighted by molar-refractivity contribution is 6.14. The number of para-hydroxylation sites is 1. The molecule has 0 unspecified atom stereocenters. The van der Waals surface area contributed by atoms with Crippen molar-refractivity contribution in [2.75, 3.05) is 13.1 Å². The number of ether oxygens (including phenoxy) is 1. The lowest BCUT2D eigenvalue weighted by atomic mass is 9.92. The Bertz CT molecular complexity index is 916. The second-order valence-corrected chi connectivity index (χ2v) is 7.45. The van der Waals surface area contributed by atoms with Crippen molar-refractivity contribution in [2.24, 2.45) is 11.7 Å². The van der Waals surface area contributed by atoms with Crippen molar-refractivity contribution < 1.29 is 14.3 Å². The third-order valence-electron chi connectivity index (χ3n) is 5.38. The zero-order valence-electron chi connectivity index (χ0n) is 16.9. The number of esters is 1. The van der Waals surface area contributed by atoms with Gasteiger partial charge in [-0.25, -0.2) is 0 Å². The van der Waals surface area contributed by atoms with Crippen LogP contribution in [0.2, 0.25) is 0 Å². The van der Waals surface area contributed by atoms with Crippen molar-refractivity contribution in [3.63, 3.8) is 0 Å². The monoisotopic (exact) mass is 405 g/mol. The summed E-state index contributed by atoms with van der Waals surface area (Å²) in [4.78, 5) is 26.0. The molecule has 30 heavy (non-hydrogen) atoms. The number of nitrogens with two attached hydrogens (primary N) is 1.